The largest absolute Gasteiger partial charge is 0.528 e. The Morgan fingerprint density at radius 3 is 0.873 bits per heavy atom. The average Bonchev–Trinajstić information content (AvgIpc) is 3.20. The summed E-state index contributed by atoms with van der Waals surface area (Å²) < 4.78 is 26.6. The number of benzene rings is 2. The first-order valence-corrected chi connectivity index (χ1v) is 30.4. The van der Waals surface area contributed by atoms with Gasteiger partial charge in [0.2, 0.25) is 0 Å². The van der Waals surface area contributed by atoms with Crippen LogP contribution in [-0.4, -0.2) is 43.1 Å². The molecule has 0 aliphatic rings. The van der Waals surface area contributed by atoms with E-state index in [0.717, 1.165) is 50.8 Å². The summed E-state index contributed by atoms with van der Waals surface area (Å²) >= 11 is 0. The van der Waals surface area contributed by atoms with Gasteiger partial charge in [-0.2, -0.15) is 0 Å². The van der Waals surface area contributed by atoms with Crippen LogP contribution in [0.2, 0.25) is 33.2 Å². The molecule has 0 saturated heterocycles. The van der Waals surface area contributed by atoms with Crippen molar-refractivity contribution >= 4 is 16.6 Å². The second kappa shape index (κ2) is 33.0. The molecule has 0 amide bonds. The second-order valence-corrected chi connectivity index (χ2v) is 31.9. The summed E-state index contributed by atoms with van der Waals surface area (Å²) in [5.74, 6) is 3.21. The summed E-state index contributed by atoms with van der Waals surface area (Å²) in [6, 6.07) is 13.3. The van der Waals surface area contributed by atoms with Crippen LogP contribution in [-0.2, 0) is 41.6 Å². The minimum Gasteiger partial charge on any atom is -0.528 e. The van der Waals surface area contributed by atoms with Crippen molar-refractivity contribution in [2.45, 2.75) is 253 Å². The van der Waals surface area contributed by atoms with Gasteiger partial charge in [-0.1, -0.05) is 226 Å². The van der Waals surface area contributed by atoms with Gasteiger partial charge in [-0.15, -0.1) is 18.1 Å². The molecule has 7 heteroatoms. The van der Waals surface area contributed by atoms with E-state index in [0.29, 0.717) is 33.2 Å². The maximum absolute atomic E-state index is 6.76. The van der Waals surface area contributed by atoms with Crippen molar-refractivity contribution in [2.75, 3.05) is 26.4 Å². The van der Waals surface area contributed by atoms with Crippen LogP contribution in [0.5, 0.6) is 11.5 Å². The van der Waals surface area contributed by atoms with E-state index in [9.17, 15) is 0 Å². The van der Waals surface area contributed by atoms with Crippen LogP contribution in [0.1, 0.15) is 228 Å². The van der Waals surface area contributed by atoms with Gasteiger partial charge in [0.25, 0.3) is 0 Å². The van der Waals surface area contributed by atoms with Crippen molar-refractivity contribution < 1.29 is 51.0 Å². The molecule has 0 unspecified atom stereocenters. The van der Waals surface area contributed by atoms with Crippen LogP contribution >= 0.6 is 0 Å². The third-order valence-electron chi connectivity index (χ3n) is 14.3. The van der Waals surface area contributed by atoms with Gasteiger partial charge in [0.1, 0.15) is 0 Å². The van der Waals surface area contributed by atoms with E-state index in [1.165, 1.54) is 131 Å². The molecule has 0 atom stereocenters. The Morgan fingerprint density at radius 1 is 0.381 bits per heavy atom. The van der Waals surface area contributed by atoms with Gasteiger partial charge in [0, 0.05) is 45.9 Å². The molecule has 0 fully saturated rings. The summed E-state index contributed by atoms with van der Waals surface area (Å²) in [6.07, 6.45) is 23.0. The Kier molecular flexibility index (Phi) is 31.6. The van der Waals surface area contributed by atoms with E-state index in [1.54, 1.807) is 0 Å². The molecule has 0 N–H and O–H groups in total. The molecule has 0 aromatic heterocycles. The van der Waals surface area contributed by atoms with Crippen molar-refractivity contribution in [2.24, 2.45) is 0 Å². The molecule has 361 valence electrons. The smallest absolute Gasteiger partial charge is 0.200 e. The normalized spacial score (nSPS) is 12.4. The second-order valence-electron chi connectivity index (χ2n) is 21.0. The zero-order valence-corrected chi connectivity index (χ0v) is 49.0. The molecule has 0 heterocycles. The first-order valence-electron chi connectivity index (χ1n) is 26.1. The quantitative estimate of drug-likeness (QED) is 0.0387. The Morgan fingerprint density at radius 2 is 0.619 bits per heavy atom. The minimum atomic E-state index is -1.72. The minimum absolute atomic E-state index is 0. The summed E-state index contributed by atoms with van der Waals surface area (Å²) in [7, 11) is -3.44. The first kappa shape index (κ1) is 60.4. The number of aryl methyl sites for hydroxylation is 2. The molecule has 63 heavy (non-hydrogen) atoms. The fourth-order valence-corrected chi connectivity index (χ4v) is 22.0. The van der Waals surface area contributed by atoms with Gasteiger partial charge in [-0.05, 0) is 72.8 Å². The van der Waals surface area contributed by atoms with E-state index in [1.807, 2.05) is 0 Å². The number of hydrogen-bond donors (Lipinski definition) is 0. The van der Waals surface area contributed by atoms with Crippen molar-refractivity contribution in [3.8, 4) is 11.5 Å². The zero-order valence-electron chi connectivity index (χ0n) is 44.2. The molecule has 0 aliphatic heterocycles. The molecule has 2 aromatic carbocycles. The molecular formula is C56H101O4Si2Y-. The van der Waals surface area contributed by atoms with Crippen LogP contribution in [0, 0.1) is 19.8 Å². The molecule has 0 spiro atoms. The van der Waals surface area contributed by atoms with Gasteiger partial charge in [0.15, 0.2) is 16.6 Å². The number of rotatable bonds is 36. The van der Waals surface area contributed by atoms with Crippen LogP contribution < -0.4 is 9.47 Å². The standard InChI is InChI=1S/C56H101O4Si2.Y/c1-44(2)61(45(3)4,46(5)6)59-40-32-28-24-20-16-18-22-26-30-38-57-55-42-50(13)34-36-53(55)52(15)54-37-35-51(14)43-56(54)58-39-31-27-23-19-17-21-25-29-33-41-60-62(47(7)8,48(9)10)49(11)12;/h34-37,42-49H,16-33,38-41H2,1-15H3;/q-1;. The maximum Gasteiger partial charge on any atom is 0.200 e. The summed E-state index contributed by atoms with van der Waals surface area (Å²) in [6.45, 7) is 38.6. The number of hydrogen-bond acceptors (Lipinski definition) is 4. The SMILES string of the molecule is Cc1ccc([C-](C)c2ccc(C)cc2OCCCCCCCCCCCO[Si](C(C)C)(C(C)C)C(C)C)c(OCCCCCCCCCCCO[Si](C(C)C)(C(C)C)C(C)C)c1.[Y]. The van der Waals surface area contributed by atoms with Gasteiger partial charge in [0.05, 0.1) is 24.7 Å². The molecule has 1 radical (unpaired) electrons. The van der Waals surface area contributed by atoms with E-state index in [-0.39, 0.29) is 32.7 Å². The summed E-state index contributed by atoms with van der Waals surface area (Å²) in [5, 5.41) is 0. The molecular weight excluding hydrogens is 882 g/mol. The average molecular weight is 983 g/mol. The topological polar surface area (TPSA) is 36.9 Å². The van der Waals surface area contributed by atoms with Crippen molar-refractivity contribution in [1.29, 1.82) is 0 Å². The van der Waals surface area contributed by atoms with Crippen molar-refractivity contribution in [1.82, 2.24) is 0 Å². The Labute approximate surface area is 419 Å². The monoisotopic (exact) mass is 983 g/mol. The predicted octanol–water partition coefficient (Wildman–Crippen LogP) is 18.5. The van der Waals surface area contributed by atoms with E-state index in [2.05, 4.69) is 140 Å². The fraction of sp³-hybridized carbons (Fsp3) is 0.768. The molecule has 4 nitrogen and oxygen atoms in total. The molecule has 2 rings (SSSR count). The predicted molar refractivity (Wildman–Crippen MR) is 278 cm³/mol. The molecule has 0 saturated carbocycles. The Hall–Kier alpha value is -0.632. The fourth-order valence-electron chi connectivity index (χ4n) is 11.0. The molecule has 2 aromatic rings. The Bertz CT molecular complexity index is 1310. The maximum atomic E-state index is 6.76. The van der Waals surface area contributed by atoms with Crippen LogP contribution in [0.25, 0.3) is 0 Å². The van der Waals surface area contributed by atoms with E-state index >= 15 is 0 Å². The van der Waals surface area contributed by atoms with Gasteiger partial charge in [-0.3, -0.25) is 0 Å². The Balaban J connectivity index is 0.0000198. The van der Waals surface area contributed by atoms with Crippen LogP contribution in [0.4, 0.5) is 0 Å². The van der Waals surface area contributed by atoms with E-state index in [4.69, 9.17) is 18.3 Å². The molecule has 0 aliphatic carbocycles. The number of unbranched alkanes of at least 4 members (excludes halogenated alkanes) is 16. The van der Waals surface area contributed by atoms with Crippen molar-refractivity contribution in [3.63, 3.8) is 0 Å². The van der Waals surface area contributed by atoms with Gasteiger partial charge >= 0.3 is 0 Å². The zero-order chi connectivity index (χ0) is 46.1. The van der Waals surface area contributed by atoms with Gasteiger partial charge < -0.3 is 18.3 Å². The molecule has 0 bridgehead atoms. The van der Waals surface area contributed by atoms with E-state index < -0.39 is 16.6 Å². The van der Waals surface area contributed by atoms with Crippen molar-refractivity contribution in [3.05, 3.63) is 64.6 Å². The first-order chi connectivity index (χ1) is 29.5. The summed E-state index contributed by atoms with van der Waals surface area (Å²) in [4.78, 5) is 0. The number of ether oxygens (including phenoxy) is 2. The summed E-state index contributed by atoms with van der Waals surface area (Å²) in [5.41, 5.74) is 8.84. The third kappa shape index (κ3) is 20.2. The van der Waals surface area contributed by atoms with Crippen LogP contribution in [0.3, 0.4) is 0 Å². The third-order valence-corrected chi connectivity index (χ3v) is 26.5. The van der Waals surface area contributed by atoms with Crippen LogP contribution in [0.15, 0.2) is 36.4 Å². The van der Waals surface area contributed by atoms with Gasteiger partial charge in [-0.25, -0.2) is 0 Å².